The van der Waals surface area contributed by atoms with Crippen molar-refractivity contribution in [1.29, 1.82) is 0 Å². The molecule has 126 valence electrons. The normalized spacial score (nSPS) is 18.8. The molecule has 1 aliphatic rings. The molecular formula is C20H23NOSSe. The van der Waals surface area contributed by atoms with Crippen LogP contribution in [0, 0.1) is 5.21 Å². The minimum atomic E-state index is 0.137. The van der Waals surface area contributed by atoms with E-state index in [4.69, 9.17) is 0 Å². The topological polar surface area (TPSA) is 26.1 Å². The molecule has 0 spiro atoms. The number of nitrogens with zero attached hydrogens (tertiary/aromatic N) is 1. The fraction of sp³-hybridized carbons (Fsp3) is 0.350. The fourth-order valence-corrected chi connectivity index (χ4v) is 6.34. The van der Waals surface area contributed by atoms with Crippen LogP contribution in [0.25, 0.3) is 0 Å². The molecule has 3 rings (SSSR count). The van der Waals surface area contributed by atoms with Gasteiger partial charge < -0.3 is 0 Å². The van der Waals surface area contributed by atoms with Crippen LogP contribution in [0.15, 0.2) is 54.6 Å². The van der Waals surface area contributed by atoms with Crippen molar-refractivity contribution in [3.05, 3.63) is 70.9 Å². The zero-order valence-corrected chi connectivity index (χ0v) is 16.7. The second-order valence-electron chi connectivity index (χ2n) is 6.06. The Bertz CT molecular complexity index is 717. The van der Waals surface area contributed by atoms with E-state index in [1.54, 1.807) is 0 Å². The molecule has 2 nitrogen and oxygen atoms in total. The molecule has 1 aliphatic heterocycles. The third kappa shape index (κ3) is 3.88. The monoisotopic (exact) mass is 405 g/mol. The van der Waals surface area contributed by atoms with Crippen LogP contribution >= 0.6 is 11.8 Å². The van der Waals surface area contributed by atoms with Crippen LogP contribution in [-0.2, 0) is 0 Å². The first-order chi connectivity index (χ1) is 11.7. The summed E-state index contributed by atoms with van der Waals surface area (Å²) in [5, 5.41) is 14.2. The predicted molar refractivity (Wildman–Crippen MR) is 106 cm³/mol. The Morgan fingerprint density at radius 2 is 1.88 bits per heavy atom. The molecule has 0 bridgehead atoms. The molecule has 1 heterocycles. The van der Waals surface area contributed by atoms with Crippen LogP contribution in [-0.4, -0.2) is 37.7 Å². The third-order valence-electron chi connectivity index (χ3n) is 4.56. The molecule has 2 aromatic rings. The van der Waals surface area contributed by atoms with E-state index in [0.29, 0.717) is 20.2 Å². The van der Waals surface area contributed by atoms with Crippen molar-refractivity contribution >= 4 is 36.9 Å². The molecule has 0 amide bonds. The summed E-state index contributed by atoms with van der Waals surface area (Å²) in [6.07, 6.45) is 4.04. The molecule has 0 saturated heterocycles. The van der Waals surface area contributed by atoms with Crippen molar-refractivity contribution in [2.45, 2.75) is 36.4 Å². The predicted octanol–water partition coefficient (Wildman–Crippen LogP) is 4.02. The van der Waals surface area contributed by atoms with E-state index in [1.165, 1.54) is 14.8 Å². The number of hydrogen-bond acceptors (Lipinski definition) is 2. The van der Waals surface area contributed by atoms with Gasteiger partial charge in [0.15, 0.2) is 0 Å². The Kier molecular flexibility index (Phi) is 6.04. The average Bonchev–Trinajstić information content (AvgIpc) is 3.01. The van der Waals surface area contributed by atoms with Crippen molar-refractivity contribution in [1.82, 2.24) is 0 Å². The van der Waals surface area contributed by atoms with Gasteiger partial charge in [-0.2, -0.15) is 0 Å². The minimum absolute atomic E-state index is 0.137. The van der Waals surface area contributed by atoms with Gasteiger partial charge in [0.2, 0.25) is 0 Å². The molecular weight excluding hydrogens is 381 g/mol. The first-order valence-corrected chi connectivity index (χ1v) is 11.7. The first kappa shape index (κ1) is 17.6. The summed E-state index contributed by atoms with van der Waals surface area (Å²) in [6, 6.07) is 19.0. The second kappa shape index (κ2) is 8.24. The molecule has 4 heteroatoms. The maximum absolute atomic E-state index is 12.7. The Hall–Kier alpha value is -1.22. The van der Waals surface area contributed by atoms with Crippen LogP contribution in [0.3, 0.4) is 0 Å². The Labute approximate surface area is 155 Å². The zero-order valence-electron chi connectivity index (χ0n) is 14.1. The Morgan fingerprint density at radius 3 is 2.62 bits per heavy atom. The summed E-state index contributed by atoms with van der Waals surface area (Å²) in [5.41, 5.74) is 3.48. The molecule has 0 aromatic heterocycles. The van der Waals surface area contributed by atoms with Crippen LogP contribution in [0.2, 0.25) is 5.32 Å². The van der Waals surface area contributed by atoms with Gasteiger partial charge in [0.1, 0.15) is 0 Å². The van der Waals surface area contributed by atoms with Gasteiger partial charge >= 0.3 is 155 Å². The van der Waals surface area contributed by atoms with Crippen molar-refractivity contribution in [3.63, 3.8) is 0 Å². The number of benzene rings is 2. The summed E-state index contributed by atoms with van der Waals surface area (Å²) in [7, 11) is 0. The molecule has 2 aromatic carbocycles. The zero-order chi connectivity index (χ0) is 16.9. The quantitative estimate of drug-likeness (QED) is 0.413. The average molecular weight is 404 g/mol. The maximum atomic E-state index is 12.7. The fourth-order valence-electron chi connectivity index (χ4n) is 3.07. The number of rotatable bonds is 6. The van der Waals surface area contributed by atoms with Gasteiger partial charge in [0.25, 0.3) is 0 Å². The van der Waals surface area contributed by atoms with E-state index in [0.717, 1.165) is 29.4 Å². The Balaban J connectivity index is 1.71. The second-order valence-corrected chi connectivity index (χ2v) is 9.46. The molecule has 1 unspecified atom stereocenters. The molecule has 24 heavy (non-hydrogen) atoms. The summed E-state index contributed by atoms with van der Waals surface area (Å²) in [6.45, 7) is 2.26. The summed E-state index contributed by atoms with van der Waals surface area (Å²) in [5.74, 6) is 0. The third-order valence-corrected chi connectivity index (χ3v) is 8.11. The van der Waals surface area contributed by atoms with E-state index in [9.17, 15) is 5.21 Å². The summed E-state index contributed by atoms with van der Waals surface area (Å²) >= 11 is 2.23. The molecule has 0 N–H and O–H groups in total. The Morgan fingerprint density at radius 1 is 1.17 bits per heavy atom. The number of hydroxylamine groups is 1. The SMILES string of the molecule is CS[C@@H](C)c1ccccc1[Se]CC1CCC(c2ccccc2)=[N+]1[O-]. The standard InChI is InChI=1S/C20H23NOSSe/c1-15(23-2)18-10-6-7-11-20(18)24-14-17-12-13-19(21(17)22)16-8-4-3-5-9-16/h3-11,15,17H,12-14H2,1-2H3/t15-,17?/m0/s1. The van der Waals surface area contributed by atoms with Crippen molar-refractivity contribution in [2.75, 3.05) is 6.26 Å². The molecule has 0 aliphatic carbocycles. The van der Waals surface area contributed by atoms with E-state index >= 15 is 0 Å². The molecule has 0 saturated carbocycles. The summed E-state index contributed by atoms with van der Waals surface area (Å²) < 4.78 is 2.74. The molecule has 2 atom stereocenters. The van der Waals surface area contributed by atoms with Crippen LogP contribution in [0.5, 0.6) is 0 Å². The number of thioether (sulfide) groups is 1. The van der Waals surface area contributed by atoms with Crippen LogP contribution < -0.4 is 4.46 Å². The van der Waals surface area contributed by atoms with Gasteiger partial charge in [-0.05, 0) is 0 Å². The van der Waals surface area contributed by atoms with E-state index in [-0.39, 0.29) is 6.04 Å². The van der Waals surface area contributed by atoms with Gasteiger partial charge in [-0.15, -0.1) is 0 Å². The van der Waals surface area contributed by atoms with Crippen molar-refractivity contribution < 1.29 is 4.74 Å². The van der Waals surface area contributed by atoms with Crippen LogP contribution in [0.4, 0.5) is 0 Å². The van der Waals surface area contributed by atoms with Gasteiger partial charge in [0.05, 0.1) is 0 Å². The van der Waals surface area contributed by atoms with Gasteiger partial charge in [-0.3, -0.25) is 0 Å². The van der Waals surface area contributed by atoms with Gasteiger partial charge in [-0.1, -0.05) is 0 Å². The van der Waals surface area contributed by atoms with Gasteiger partial charge in [0, 0.05) is 0 Å². The summed E-state index contributed by atoms with van der Waals surface area (Å²) in [4.78, 5) is 0. The van der Waals surface area contributed by atoms with E-state index < -0.39 is 0 Å². The van der Waals surface area contributed by atoms with Crippen molar-refractivity contribution in [3.8, 4) is 0 Å². The van der Waals surface area contributed by atoms with E-state index in [1.807, 2.05) is 42.1 Å². The van der Waals surface area contributed by atoms with E-state index in [2.05, 4.69) is 37.4 Å². The van der Waals surface area contributed by atoms with Gasteiger partial charge in [-0.25, -0.2) is 0 Å². The van der Waals surface area contributed by atoms with Crippen molar-refractivity contribution in [2.24, 2.45) is 0 Å². The molecule has 0 radical (unpaired) electrons. The first-order valence-electron chi connectivity index (χ1n) is 8.33. The molecule has 0 fully saturated rings. The number of hydrogen-bond donors (Lipinski definition) is 0. The van der Waals surface area contributed by atoms with Crippen LogP contribution in [0.1, 0.15) is 36.1 Å².